The molecule has 0 saturated carbocycles. The molecule has 0 saturated heterocycles. The molecule has 7 heteroatoms. The van der Waals surface area contributed by atoms with Gasteiger partial charge in [0, 0.05) is 0 Å². The topological polar surface area (TPSA) is 109 Å². The summed E-state index contributed by atoms with van der Waals surface area (Å²) in [7, 11) is -3.69. The lowest BCUT2D eigenvalue weighted by molar-refractivity contribution is 0.0684. The second kappa shape index (κ2) is 6.67. The van der Waals surface area contributed by atoms with E-state index in [4.69, 9.17) is 0 Å². The quantitative estimate of drug-likeness (QED) is 0.779. The smallest absolute Gasteiger partial charge is 0.336 e. The molecule has 0 aliphatic carbocycles. The Kier molecular flexibility index (Phi) is 4.85. The van der Waals surface area contributed by atoms with E-state index >= 15 is 0 Å². The number of rotatable bonds is 6. The van der Waals surface area contributed by atoms with Gasteiger partial charge in [-0.25, -0.2) is 18.0 Å². The van der Waals surface area contributed by atoms with Crippen molar-refractivity contribution >= 4 is 21.8 Å². The van der Waals surface area contributed by atoms with E-state index in [-0.39, 0.29) is 32.9 Å². The van der Waals surface area contributed by atoms with Gasteiger partial charge in [0.05, 0.1) is 21.8 Å². The molecule has 2 aromatic rings. The minimum absolute atomic E-state index is 0.0679. The second-order valence-corrected chi connectivity index (χ2v) is 6.97. The van der Waals surface area contributed by atoms with Crippen molar-refractivity contribution in [1.82, 2.24) is 0 Å². The van der Waals surface area contributed by atoms with Gasteiger partial charge in [0.2, 0.25) is 0 Å². The first-order valence-corrected chi connectivity index (χ1v) is 8.47. The van der Waals surface area contributed by atoms with Gasteiger partial charge in [-0.15, -0.1) is 6.58 Å². The van der Waals surface area contributed by atoms with Crippen molar-refractivity contribution in [2.24, 2.45) is 0 Å². The number of benzene rings is 2. The maximum Gasteiger partial charge on any atom is 0.336 e. The number of carboxylic acid groups (broad SMARTS) is 2. The Hall–Kier alpha value is -2.93. The second-order valence-electron chi connectivity index (χ2n) is 4.93. The molecule has 0 radical (unpaired) electrons. The van der Waals surface area contributed by atoms with Crippen molar-refractivity contribution < 1.29 is 28.2 Å². The zero-order valence-corrected chi connectivity index (χ0v) is 13.3. The molecular weight excluding hydrogens is 332 g/mol. The molecule has 2 aromatic carbocycles. The minimum atomic E-state index is -3.69. The molecule has 2 N–H and O–H groups in total. The lowest BCUT2D eigenvalue weighted by Gasteiger charge is -2.11. The van der Waals surface area contributed by atoms with Gasteiger partial charge in [-0.05, 0) is 29.3 Å². The van der Waals surface area contributed by atoms with E-state index in [0.717, 1.165) is 6.07 Å². The van der Waals surface area contributed by atoms with E-state index in [9.17, 15) is 28.2 Å². The Morgan fingerprint density at radius 1 is 0.958 bits per heavy atom. The highest BCUT2D eigenvalue weighted by molar-refractivity contribution is 7.91. The fourth-order valence-electron chi connectivity index (χ4n) is 2.28. The van der Waals surface area contributed by atoms with Crippen LogP contribution in [-0.4, -0.2) is 36.3 Å². The largest absolute Gasteiger partial charge is 0.478 e. The summed E-state index contributed by atoms with van der Waals surface area (Å²) in [5.74, 6) is -2.87. The van der Waals surface area contributed by atoms with Crippen LogP contribution in [0.15, 0.2) is 60.0 Å². The molecule has 0 unspecified atom stereocenters. The van der Waals surface area contributed by atoms with Crippen LogP contribution in [0.3, 0.4) is 0 Å². The van der Waals surface area contributed by atoms with E-state index in [1.165, 1.54) is 36.4 Å². The Labute approximate surface area is 138 Å². The number of hydrogen-bond acceptors (Lipinski definition) is 4. The highest BCUT2D eigenvalue weighted by Crippen LogP contribution is 2.29. The van der Waals surface area contributed by atoms with Gasteiger partial charge < -0.3 is 10.2 Å². The predicted octanol–water partition coefficient (Wildman–Crippen LogP) is 2.71. The molecule has 0 heterocycles. The van der Waals surface area contributed by atoms with E-state index < -0.39 is 21.8 Å². The molecule has 0 spiro atoms. The maximum absolute atomic E-state index is 12.1. The third kappa shape index (κ3) is 3.36. The molecule has 2 rings (SSSR count). The van der Waals surface area contributed by atoms with Crippen LogP contribution >= 0.6 is 0 Å². The lowest BCUT2D eigenvalue weighted by atomic mass is 9.95. The summed E-state index contributed by atoms with van der Waals surface area (Å²) in [4.78, 5) is 22.7. The molecule has 0 aliphatic heterocycles. The van der Waals surface area contributed by atoms with Crippen LogP contribution < -0.4 is 0 Å². The molecule has 0 bridgehead atoms. The molecule has 6 nitrogen and oxygen atoms in total. The fourth-order valence-corrected chi connectivity index (χ4v) is 3.36. The summed E-state index contributed by atoms with van der Waals surface area (Å²) < 4.78 is 24.1. The summed E-state index contributed by atoms with van der Waals surface area (Å²) in [5.41, 5.74) is -0.0105. The van der Waals surface area contributed by atoms with Gasteiger partial charge in [0.15, 0.2) is 9.84 Å². The number of carbonyl (C=O) groups is 2. The molecule has 0 amide bonds. The van der Waals surface area contributed by atoms with Crippen LogP contribution in [-0.2, 0) is 9.84 Å². The number of sulfone groups is 1. The SMILES string of the molecule is C=CCS(=O)(=O)c1ccc(-c2ccccc2C(=O)O)c(C(=O)O)c1. The number of carboxylic acids is 2. The summed E-state index contributed by atoms with van der Waals surface area (Å²) in [6.45, 7) is 3.36. The van der Waals surface area contributed by atoms with Gasteiger partial charge in [0.25, 0.3) is 0 Å². The summed E-state index contributed by atoms with van der Waals surface area (Å²) in [6.07, 6.45) is 1.21. The van der Waals surface area contributed by atoms with Crippen molar-refractivity contribution in [1.29, 1.82) is 0 Å². The molecule has 0 fully saturated rings. The van der Waals surface area contributed by atoms with E-state index in [0.29, 0.717) is 0 Å². The van der Waals surface area contributed by atoms with Crippen LogP contribution in [0, 0.1) is 0 Å². The Balaban J connectivity index is 2.72. The average Bonchev–Trinajstić information content (AvgIpc) is 2.54. The van der Waals surface area contributed by atoms with Crippen molar-refractivity contribution in [3.8, 4) is 11.1 Å². The summed E-state index contributed by atoms with van der Waals surface area (Å²) >= 11 is 0. The molecular formula is C17H14O6S. The molecule has 0 aromatic heterocycles. The number of hydrogen-bond donors (Lipinski definition) is 2. The molecule has 0 aliphatic rings. The molecule has 124 valence electrons. The minimum Gasteiger partial charge on any atom is -0.478 e. The van der Waals surface area contributed by atoms with Crippen LogP contribution in [0.25, 0.3) is 11.1 Å². The van der Waals surface area contributed by atoms with Gasteiger partial charge in [-0.3, -0.25) is 0 Å². The first-order valence-electron chi connectivity index (χ1n) is 6.81. The van der Waals surface area contributed by atoms with Gasteiger partial charge in [-0.2, -0.15) is 0 Å². The van der Waals surface area contributed by atoms with Gasteiger partial charge in [-0.1, -0.05) is 30.3 Å². The average molecular weight is 346 g/mol. The maximum atomic E-state index is 12.1. The van der Waals surface area contributed by atoms with Crippen LogP contribution in [0.2, 0.25) is 0 Å². The zero-order chi connectivity index (χ0) is 17.9. The summed E-state index contributed by atoms with van der Waals surface area (Å²) in [5, 5.41) is 18.7. The van der Waals surface area contributed by atoms with Crippen LogP contribution in [0.1, 0.15) is 20.7 Å². The van der Waals surface area contributed by atoms with Crippen molar-refractivity contribution in [2.45, 2.75) is 4.90 Å². The van der Waals surface area contributed by atoms with Crippen molar-refractivity contribution in [2.75, 3.05) is 5.75 Å². The van der Waals surface area contributed by atoms with E-state index in [2.05, 4.69) is 6.58 Å². The first-order chi connectivity index (χ1) is 11.3. The highest BCUT2D eigenvalue weighted by Gasteiger charge is 2.21. The normalized spacial score (nSPS) is 11.0. The lowest BCUT2D eigenvalue weighted by Crippen LogP contribution is -2.09. The monoisotopic (exact) mass is 346 g/mol. The Morgan fingerprint density at radius 3 is 2.12 bits per heavy atom. The molecule has 24 heavy (non-hydrogen) atoms. The fraction of sp³-hybridized carbons (Fsp3) is 0.0588. The Bertz CT molecular complexity index is 928. The third-order valence-electron chi connectivity index (χ3n) is 3.37. The standard InChI is InChI=1S/C17H14O6S/c1-2-9-24(22,23)11-7-8-13(15(10-11)17(20)21)12-5-3-4-6-14(12)16(18)19/h2-8,10H,1,9H2,(H,18,19)(H,20,21). The van der Waals surface area contributed by atoms with Crippen LogP contribution in [0.4, 0.5) is 0 Å². The zero-order valence-electron chi connectivity index (χ0n) is 12.5. The predicted molar refractivity (Wildman–Crippen MR) is 88.0 cm³/mol. The third-order valence-corrected chi connectivity index (χ3v) is 5.01. The van der Waals surface area contributed by atoms with E-state index in [1.807, 2.05) is 0 Å². The summed E-state index contributed by atoms with van der Waals surface area (Å²) in [6, 6.07) is 9.54. The highest BCUT2D eigenvalue weighted by atomic mass is 32.2. The van der Waals surface area contributed by atoms with Crippen molar-refractivity contribution in [3.63, 3.8) is 0 Å². The molecule has 0 atom stereocenters. The van der Waals surface area contributed by atoms with Gasteiger partial charge in [0.1, 0.15) is 0 Å². The van der Waals surface area contributed by atoms with E-state index in [1.54, 1.807) is 6.07 Å². The van der Waals surface area contributed by atoms with Crippen molar-refractivity contribution in [3.05, 3.63) is 66.2 Å². The number of aromatic carboxylic acids is 2. The van der Waals surface area contributed by atoms with Gasteiger partial charge >= 0.3 is 11.9 Å². The first kappa shape index (κ1) is 17.4. The van der Waals surface area contributed by atoms with Crippen LogP contribution in [0.5, 0.6) is 0 Å². The Morgan fingerprint density at radius 2 is 1.54 bits per heavy atom.